The van der Waals surface area contributed by atoms with E-state index in [1.807, 2.05) is 0 Å². The Balaban J connectivity index is 1.98. The van der Waals surface area contributed by atoms with Crippen LogP contribution in [0.3, 0.4) is 0 Å². The molecule has 0 saturated heterocycles. The molecular weight excluding hydrogens is 235 g/mol. The first-order valence-corrected chi connectivity index (χ1v) is 7.41. The summed E-state index contributed by atoms with van der Waals surface area (Å²) in [7, 11) is -0.409. The molecule has 0 atom stereocenters. The van der Waals surface area contributed by atoms with Gasteiger partial charge in [-0.25, -0.2) is 0 Å². The largest absolute Gasteiger partial charge is 0.0622 e. The zero-order valence-electron chi connectivity index (χ0n) is 10.0. The molecular formula is C17H14P. The second kappa shape index (κ2) is 5.67. The Bertz CT molecular complexity index is 432. The van der Waals surface area contributed by atoms with Crippen LogP contribution in [0.5, 0.6) is 0 Å². The van der Waals surface area contributed by atoms with Gasteiger partial charge in [0.15, 0.2) is 0 Å². The van der Waals surface area contributed by atoms with Gasteiger partial charge in [-0.1, -0.05) is 60.7 Å². The van der Waals surface area contributed by atoms with Crippen molar-refractivity contribution in [2.24, 2.45) is 0 Å². The molecule has 0 spiro atoms. The van der Waals surface area contributed by atoms with Gasteiger partial charge in [-0.2, -0.15) is 0 Å². The molecule has 87 valence electrons. The third-order valence-corrected chi connectivity index (χ3v) is 5.38. The number of hydrogen-bond acceptors (Lipinski definition) is 0. The highest BCUT2D eigenvalue weighted by atomic mass is 31.1. The van der Waals surface area contributed by atoms with Gasteiger partial charge in [0.25, 0.3) is 0 Å². The third-order valence-electron chi connectivity index (χ3n) is 2.93. The highest BCUT2D eigenvalue weighted by Crippen LogP contribution is 2.51. The minimum atomic E-state index is -0.409. The Labute approximate surface area is 111 Å². The molecule has 1 fully saturated rings. The van der Waals surface area contributed by atoms with Crippen molar-refractivity contribution in [3.63, 3.8) is 0 Å². The van der Waals surface area contributed by atoms with E-state index >= 15 is 0 Å². The fraction of sp³-hybridized carbons (Fsp3) is 0. The standard InChI is InChI=1S/C17H14P/c1-3-9-15(10-4-1)18(17-13-7-8-14-17)16-11-5-2-6-12-16/h1-14H. The topological polar surface area (TPSA) is 0 Å². The first-order chi connectivity index (χ1) is 8.95. The van der Waals surface area contributed by atoms with Gasteiger partial charge < -0.3 is 0 Å². The van der Waals surface area contributed by atoms with Gasteiger partial charge in [-0.3, -0.25) is 0 Å². The average molecular weight is 249 g/mol. The first-order valence-electron chi connectivity index (χ1n) is 6.07. The molecule has 0 heterocycles. The van der Waals surface area contributed by atoms with Crippen molar-refractivity contribution in [3.05, 3.63) is 92.0 Å². The molecule has 1 saturated carbocycles. The minimum Gasteiger partial charge on any atom is -0.0622 e. The van der Waals surface area contributed by atoms with Crippen LogP contribution in [-0.2, 0) is 0 Å². The Hall–Kier alpha value is -1.13. The summed E-state index contributed by atoms with van der Waals surface area (Å²) in [6.07, 6.45) is 8.70. The summed E-state index contributed by atoms with van der Waals surface area (Å²) in [6.45, 7) is 0. The maximum absolute atomic E-state index is 2.23. The first kappa shape index (κ1) is 11.9. The van der Waals surface area contributed by atoms with Gasteiger partial charge in [0, 0.05) is 5.66 Å². The van der Waals surface area contributed by atoms with Crippen molar-refractivity contribution < 1.29 is 0 Å². The molecule has 3 rings (SSSR count). The summed E-state index contributed by atoms with van der Waals surface area (Å²) < 4.78 is 0. The molecule has 2 aromatic rings. The summed E-state index contributed by atoms with van der Waals surface area (Å²) >= 11 is 0. The Morgan fingerprint density at radius 1 is 0.556 bits per heavy atom. The van der Waals surface area contributed by atoms with Crippen molar-refractivity contribution in [1.29, 1.82) is 0 Å². The SMILES string of the molecule is [CH]1[CH][CH][C](P(c2ccccc2)c2ccccc2)[CH]1. The Morgan fingerprint density at radius 3 is 1.44 bits per heavy atom. The molecule has 0 amide bonds. The van der Waals surface area contributed by atoms with Crippen LogP contribution in [0.2, 0.25) is 0 Å². The van der Waals surface area contributed by atoms with Gasteiger partial charge >= 0.3 is 0 Å². The van der Waals surface area contributed by atoms with Crippen molar-refractivity contribution in [1.82, 2.24) is 0 Å². The lowest BCUT2D eigenvalue weighted by Crippen LogP contribution is -2.15. The zero-order valence-corrected chi connectivity index (χ0v) is 10.9. The second-order valence-electron chi connectivity index (χ2n) is 4.15. The summed E-state index contributed by atoms with van der Waals surface area (Å²) in [5, 5.41) is 2.81. The molecule has 1 aliphatic rings. The minimum absolute atomic E-state index is 0.409. The van der Waals surface area contributed by atoms with E-state index in [1.54, 1.807) is 0 Å². The fourth-order valence-electron chi connectivity index (χ4n) is 2.11. The lowest BCUT2D eigenvalue weighted by Gasteiger charge is -2.24. The highest BCUT2D eigenvalue weighted by molar-refractivity contribution is 7.76. The quantitative estimate of drug-likeness (QED) is 0.730. The lowest BCUT2D eigenvalue weighted by molar-refractivity contribution is 1.52. The van der Waals surface area contributed by atoms with Gasteiger partial charge in [0.2, 0.25) is 0 Å². The molecule has 1 aliphatic carbocycles. The molecule has 1 heteroatoms. The van der Waals surface area contributed by atoms with Gasteiger partial charge in [0.1, 0.15) is 0 Å². The van der Waals surface area contributed by atoms with Crippen molar-refractivity contribution in [3.8, 4) is 0 Å². The molecule has 0 unspecified atom stereocenters. The molecule has 0 bridgehead atoms. The molecule has 0 nitrogen and oxygen atoms in total. The molecule has 0 aromatic heterocycles. The maximum atomic E-state index is 2.23. The van der Waals surface area contributed by atoms with E-state index in [1.165, 1.54) is 16.3 Å². The third kappa shape index (κ3) is 2.49. The van der Waals surface area contributed by atoms with Crippen LogP contribution in [0.15, 0.2) is 60.7 Å². The number of benzene rings is 2. The predicted octanol–water partition coefficient (Wildman–Crippen LogP) is 3.48. The molecule has 0 N–H and O–H groups in total. The van der Waals surface area contributed by atoms with Crippen molar-refractivity contribution in [2.45, 2.75) is 0 Å². The van der Waals surface area contributed by atoms with E-state index in [0.717, 1.165) is 0 Å². The Morgan fingerprint density at radius 2 is 1.00 bits per heavy atom. The summed E-state index contributed by atoms with van der Waals surface area (Å²) in [4.78, 5) is 0. The van der Waals surface area contributed by atoms with E-state index in [2.05, 4.69) is 86.3 Å². The average Bonchev–Trinajstić information content (AvgIpc) is 2.95. The van der Waals surface area contributed by atoms with Gasteiger partial charge in [0.05, 0.1) is 0 Å². The Kier molecular flexibility index (Phi) is 3.76. The molecule has 0 aliphatic heterocycles. The summed E-state index contributed by atoms with van der Waals surface area (Å²) in [5.41, 5.74) is 1.42. The van der Waals surface area contributed by atoms with Crippen LogP contribution in [-0.4, -0.2) is 0 Å². The van der Waals surface area contributed by atoms with Crippen LogP contribution in [0, 0.1) is 31.3 Å². The van der Waals surface area contributed by atoms with E-state index in [9.17, 15) is 0 Å². The molecule has 2 aromatic carbocycles. The van der Waals surface area contributed by atoms with Crippen molar-refractivity contribution >= 4 is 18.5 Å². The fourth-order valence-corrected chi connectivity index (χ4v) is 4.42. The van der Waals surface area contributed by atoms with Crippen LogP contribution >= 0.6 is 7.92 Å². The van der Waals surface area contributed by atoms with Gasteiger partial charge in [-0.05, 0) is 44.2 Å². The van der Waals surface area contributed by atoms with E-state index in [4.69, 9.17) is 0 Å². The van der Waals surface area contributed by atoms with Crippen LogP contribution in [0.25, 0.3) is 0 Å². The highest BCUT2D eigenvalue weighted by Gasteiger charge is 2.28. The zero-order chi connectivity index (χ0) is 12.2. The van der Waals surface area contributed by atoms with Crippen LogP contribution in [0.1, 0.15) is 0 Å². The monoisotopic (exact) mass is 249 g/mol. The van der Waals surface area contributed by atoms with Gasteiger partial charge in [-0.15, -0.1) is 0 Å². The lowest BCUT2D eigenvalue weighted by atomic mass is 10.3. The smallest absolute Gasteiger partial charge is 0.0161 e. The summed E-state index contributed by atoms with van der Waals surface area (Å²) in [5.74, 6) is 0. The second-order valence-corrected chi connectivity index (χ2v) is 6.37. The number of hydrogen-bond donors (Lipinski definition) is 0. The van der Waals surface area contributed by atoms with Crippen molar-refractivity contribution in [2.75, 3.05) is 0 Å². The van der Waals surface area contributed by atoms with Crippen LogP contribution in [0.4, 0.5) is 0 Å². The van der Waals surface area contributed by atoms with E-state index in [-0.39, 0.29) is 0 Å². The summed E-state index contributed by atoms with van der Waals surface area (Å²) in [6, 6.07) is 21.6. The molecule has 5 radical (unpaired) electrons. The predicted molar refractivity (Wildman–Crippen MR) is 79.5 cm³/mol. The maximum Gasteiger partial charge on any atom is 0.0161 e. The van der Waals surface area contributed by atoms with Crippen LogP contribution < -0.4 is 10.6 Å². The van der Waals surface area contributed by atoms with E-state index in [0.29, 0.717) is 0 Å². The normalized spacial score (nSPS) is 16.3. The molecule has 18 heavy (non-hydrogen) atoms. The number of rotatable bonds is 3. The van der Waals surface area contributed by atoms with E-state index < -0.39 is 7.92 Å².